The molecule has 0 amide bonds. The standard InChI is InChI=1S/C24H25NO3S/c1-16-8-10-17(11-9-16)20(26)15-24(29-23-7-5-4-6-19(23)25)18-12-13-21(27-2)22(14-18)28-3/h4-14,24H,15,25H2,1-3H3/t24-/m0/s1. The summed E-state index contributed by atoms with van der Waals surface area (Å²) in [7, 11) is 3.21. The lowest BCUT2D eigenvalue weighted by Crippen LogP contribution is -2.06. The fourth-order valence-corrected chi connectivity index (χ4v) is 4.23. The fourth-order valence-electron chi connectivity index (χ4n) is 3.05. The lowest BCUT2D eigenvalue weighted by atomic mass is 10.0. The van der Waals surface area contributed by atoms with E-state index in [1.165, 1.54) is 0 Å². The molecular formula is C24H25NO3S. The smallest absolute Gasteiger partial charge is 0.164 e. The van der Waals surface area contributed by atoms with E-state index < -0.39 is 0 Å². The summed E-state index contributed by atoms with van der Waals surface area (Å²) in [6, 6.07) is 21.1. The van der Waals surface area contributed by atoms with E-state index in [2.05, 4.69) is 0 Å². The van der Waals surface area contributed by atoms with E-state index in [9.17, 15) is 4.79 Å². The van der Waals surface area contributed by atoms with Crippen molar-refractivity contribution in [2.24, 2.45) is 0 Å². The van der Waals surface area contributed by atoms with E-state index in [4.69, 9.17) is 15.2 Å². The summed E-state index contributed by atoms with van der Waals surface area (Å²) < 4.78 is 10.8. The van der Waals surface area contributed by atoms with Gasteiger partial charge < -0.3 is 15.2 Å². The Morgan fingerprint density at radius 2 is 1.66 bits per heavy atom. The molecule has 3 aromatic rings. The summed E-state index contributed by atoms with van der Waals surface area (Å²) in [6.45, 7) is 2.01. The number of rotatable bonds is 8. The number of Topliss-reactive ketones (excluding diaryl/α,β-unsaturated/α-hetero) is 1. The second-order valence-corrected chi connectivity index (χ2v) is 8.00. The summed E-state index contributed by atoms with van der Waals surface area (Å²) in [4.78, 5) is 13.9. The Morgan fingerprint density at radius 3 is 2.31 bits per heavy atom. The summed E-state index contributed by atoms with van der Waals surface area (Å²) in [5, 5.41) is -0.117. The minimum absolute atomic E-state index is 0.0896. The molecule has 0 heterocycles. The van der Waals surface area contributed by atoms with Crippen LogP contribution in [0.4, 0.5) is 5.69 Å². The van der Waals surface area contributed by atoms with E-state index in [0.29, 0.717) is 29.2 Å². The molecule has 0 bridgehead atoms. The Bertz CT molecular complexity index is 986. The number of thioether (sulfide) groups is 1. The molecule has 2 N–H and O–H groups in total. The molecule has 5 heteroatoms. The van der Waals surface area contributed by atoms with Gasteiger partial charge in [-0.05, 0) is 36.8 Å². The molecule has 0 aliphatic heterocycles. The number of carbonyl (C=O) groups excluding carboxylic acids is 1. The Hall–Kier alpha value is -2.92. The number of aryl methyl sites for hydroxylation is 1. The monoisotopic (exact) mass is 407 g/mol. The van der Waals surface area contributed by atoms with Gasteiger partial charge in [0.15, 0.2) is 17.3 Å². The van der Waals surface area contributed by atoms with Gasteiger partial charge >= 0.3 is 0 Å². The van der Waals surface area contributed by atoms with Crippen LogP contribution in [0.3, 0.4) is 0 Å². The molecule has 3 aromatic carbocycles. The SMILES string of the molecule is COc1ccc([C@H](CC(=O)c2ccc(C)cc2)Sc2ccccc2N)cc1OC. The molecule has 0 saturated carbocycles. The predicted molar refractivity (Wildman–Crippen MR) is 119 cm³/mol. The number of hydrogen-bond acceptors (Lipinski definition) is 5. The van der Waals surface area contributed by atoms with Gasteiger partial charge in [-0.1, -0.05) is 48.0 Å². The van der Waals surface area contributed by atoms with Crippen LogP contribution in [0.1, 0.15) is 33.2 Å². The third-order valence-corrected chi connectivity index (χ3v) is 6.06. The van der Waals surface area contributed by atoms with Crippen molar-refractivity contribution in [3.8, 4) is 11.5 Å². The Kier molecular flexibility index (Phi) is 6.83. The number of nitrogen functional groups attached to an aromatic ring is 1. The van der Waals surface area contributed by atoms with Crippen LogP contribution in [0.25, 0.3) is 0 Å². The second-order valence-electron chi connectivity index (χ2n) is 6.75. The largest absolute Gasteiger partial charge is 0.493 e. The molecule has 0 spiro atoms. The van der Waals surface area contributed by atoms with E-state index >= 15 is 0 Å². The average molecular weight is 408 g/mol. The van der Waals surface area contributed by atoms with Crippen molar-refractivity contribution in [3.05, 3.63) is 83.4 Å². The summed E-state index contributed by atoms with van der Waals surface area (Å²) >= 11 is 1.59. The van der Waals surface area contributed by atoms with Crippen molar-refractivity contribution in [1.82, 2.24) is 0 Å². The Balaban J connectivity index is 1.94. The highest BCUT2D eigenvalue weighted by atomic mass is 32.2. The van der Waals surface area contributed by atoms with E-state index in [1.54, 1.807) is 26.0 Å². The molecule has 0 fully saturated rings. The minimum atomic E-state index is -0.117. The lowest BCUT2D eigenvalue weighted by molar-refractivity contribution is 0.0982. The topological polar surface area (TPSA) is 61.5 Å². The van der Waals surface area contributed by atoms with Gasteiger partial charge in [-0.25, -0.2) is 0 Å². The van der Waals surface area contributed by atoms with Crippen LogP contribution in [0.2, 0.25) is 0 Å². The van der Waals surface area contributed by atoms with Crippen LogP contribution >= 0.6 is 11.8 Å². The molecule has 3 rings (SSSR count). The zero-order chi connectivity index (χ0) is 20.8. The van der Waals surface area contributed by atoms with E-state index in [-0.39, 0.29) is 11.0 Å². The number of carbonyl (C=O) groups is 1. The first-order valence-corrected chi connectivity index (χ1v) is 10.2. The molecule has 0 unspecified atom stereocenters. The van der Waals surface area contributed by atoms with Crippen LogP contribution in [-0.4, -0.2) is 20.0 Å². The number of ketones is 1. The van der Waals surface area contributed by atoms with Gasteiger partial charge in [-0.3, -0.25) is 4.79 Å². The number of ether oxygens (including phenoxy) is 2. The van der Waals surface area contributed by atoms with Gasteiger partial charge in [0, 0.05) is 27.8 Å². The van der Waals surface area contributed by atoms with Crippen LogP contribution in [0.15, 0.2) is 71.6 Å². The highest BCUT2D eigenvalue weighted by molar-refractivity contribution is 7.99. The minimum Gasteiger partial charge on any atom is -0.493 e. The molecule has 0 radical (unpaired) electrons. The number of benzene rings is 3. The third-order valence-electron chi connectivity index (χ3n) is 4.71. The molecule has 150 valence electrons. The third kappa shape index (κ3) is 5.12. The normalized spacial score (nSPS) is 11.7. The summed E-state index contributed by atoms with van der Waals surface area (Å²) in [5.41, 5.74) is 9.68. The summed E-state index contributed by atoms with van der Waals surface area (Å²) in [6.07, 6.45) is 0.345. The maximum atomic E-state index is 13.0. The van der Waals surface area contributed by atoms with Gasteiger partial charge in [0.05, 0.1) is 14.2 Å². The van der Waals surface area contributed by atoms with Crippen molar-refractivity contribution in [2.45, 2.75) is 23.5 Å². The molecule has 0 aromatic heterocycles. The van der Waals surface area contributed by atoms with Crippen molar-refractivity contribution >= 4 is 23.2 Å². The molecule has 4 nitrogen and oxygen atoms in total. The highest BCUT2D eigenvalue weighted by Gasteiger charge is 2.21. The van der Waals surface area contributed by atoms with Gasteiger partial charge in [-0.2, -0.15) is 0 Å². The molecule has 0 aliphatic carbocycles. The molecule has 0 aliphatic rings. The Labute approximate surface area is 176 Å². The average Bonchev–Trinajstić information content (AvgIpc) is 2.74. The van der Waals surface area contributed by atoms with Crippen LogP contribution in [-0.2, 0) is 0 Å². The predicted octanol–water partition coefficient (Wildman–Crippen LogP) is 5.70. The number of hydrogen-bond donors (Lipinski definition) is 1. The lowest BCUT2D eigenvalue weighted by Gasteiger charge is -2.19. The molecule has 0 saturated heterocycles. The molecule has 1 atom stereocenters. The summed E-state index contributed by atoms with van der Waals surface area (Å²) in [5.74, 6) is 1.38. The van der Waals surface area contributed by atoms with Crippen molar-refractivity contribution in [3.63, 3.8) is 0 Å². The van der Waals surface area contributed by atoms with Crippen LogP contribution < -0.4 is 15.2 Å². The first-order valence-electron chi connectivity index (χ1n) is 9.34. The van der Waals surface area contributed by atoms with Crippen LogP contribution in [0.5, 0.6) is 11.5 Å². The number of methoxy groups -OCH3 is 2. The fraction of sp³-hybridized carbons (Fsp3) is 0.208. The van der Waals surface area contributed by atoms with Gasteiger partial charge in [0.1, 0.15) is 0 Å². The van der Waals surface area contributed by atoms with Crippen LogP contribution in [0, 0.1) is 6.92 Å². The number of anilines is 1. The zero-order valence-electron chi connectivity index (χ0n) is 16.8. The first kappa shape index (κ1) is 20.8. The number of nitrogens with two attached hydrogens (primary N) is 1. The maximum Gasteiger partial charge on any atom is 0.164 e. The van der Waals surface area contributed by atoms with Crippen molar-refractivity contribution < 1.29 is 14.3 Å². The second kappa shape index (κ2) is 9.52. The quantitative estimate of drug-likeness (QED) is 0.295. The van der Waals surface area contributed by atoms with Gasteiger partial charge in [-0.15, -0.1) is 11.8 Å². The van der Waals surface area contributed by atoms with E-state index in [0.717, 1.165) is 16.0 Å². The van der Waals surface area contributed by atoms with E-state index in [1.807, 2.05) is 73.7 Å². The molecule has 29 heavy (non-hydrogen) atoms. The first-order chi connectivity index (χ1) is 14.0. The van der Waals surface area contributed by atoms with Gasteiger partial charge in [0.2, 0.25) is 0 Å². The van der Waals surface area contributed by atoms with Crippen molar-refractivity contribution in [1.29, 1.82) is 0 Å². The zero-order valence-corrected chi connectivity index (χ0v) is 17.7. The van der Waals surface area contributed by atoms with Gasteiger partial charge in [0.25, 0.3) is 0 Å². The highest BCUT2D eigenvalue weighted by Crippen LogP contribution is 2.43. The molecular weight excluding hydrogens is 382 g/mol. The maximum absolute atomic E-state index is 13.0. The number of para-hydroxylation sites is 1. The Morgan fingerprint density at radius 1 is 0.966 bits per heavy atom. The van der Waals surface area contributed by atoms with Crippen molar-refractivity contribution in [2.75, 3.05) is 20.0 Å².